The van der Waals surface area contributed by atoms with Gasteiger partial charge in [-0.05, 0) is 57.2 Å². The van der Waals surface area contributed by atoms with Gasteiger partial charge in [0.1, 0.15) is 23.3 Å². The summed E-state index contributed by atoms with van der Waals surface area (Å²) in [7, 11) is 1.61. The van der Waals surface area contributed by atoms with Crippen LogP contribution in [0.5, 0.6) is 5.75 Å². The van der Waals surface area contributed by atoms with Crippen LogP contribution in [0.15, 0.2) is 47.0 Å². The fraction of sp³-hybridized carbons (Fsp3) is 0.379. The summed E-state index contributed by atoms with van der Waals surface area (Å²) in [4.78, 5) is 42.6. The van der Waals surface area contributed by atoms with Crippen LogP contribution in [-0.2, 0) is 0 Å². The summed E-state index contributed by atoms with van der Waals surface area (Å²) in [5.74, 6) is -0.497. The third kappa shape index (κ3) is 6.79. The number of likely N-dealkylation sites (N-methyl/N-ethyl adjacent to an activating group) is 1. The van der Waals surface area contributed by atoms with Gasteiger partial charge in [-0.3, -0.25) is 4.79 Å². The molecule has 3 atom stereocenters. The molecule has 0 unspecified atom stereocenters. The van der Waals surface area contributed by atoms with Crippen LogP contribution in [0.2, 0.25) is 0 Å². The van der Waals surface area contributed by atoms with Crippen LogP contribution in [0.1, 0.15) is 35.7 Å². The van der Waals surface area contributed by atoms with Crippen molar-refractivity contribution in [2.45, 2.75) is 39.8 Å². The molecule has 0 radical (unpaired) electrons. The highest BCUT2D eigenvalue weighted by molar-refractivity contribution is 6.04. The molecule has 42 heavy (non-hydrogen) atoms. The number of hydrogen-bond donors (Lipinski definition) is 4. The number of benzene rings is 2. The normalized spacial score (nSPS) is 17.3. The van der Waals surface area contributed by atoms with Gasteiger partial charge in [-0.15, -0.1) is 0 Å². The van der Waals surface area contributed by atoms with Crippen molar-refractivity contribution in [2.24, 2.45) is 5.92 Å². The molecule has 0 bridgehead atoms. The fourth-order valence-corrected chi connectivity index (χ4v) is 4.59. The largest absolute Gasteiger partial charge is 0.485 e. The zero-order chi connectivity index (χ0) is 30.6. The molecule has 0 fully saturated rings. The van der Waals surface area contributed by atoms with Crippen LogP contribution in [0.25, 0.3) is 0 Å². The van der Waals surface area contributed by atoms with E-state index in [1.807, 2.05) is 6.92 Å². The molecule has 5 amide bonds. The van der Waals surface area contributed by atoms with Gasteiger partial charge in [0.25, 0.3) is 5.91 Å². The number of hydrogen-bond acceptors (Lipinski definition) is 7. The van der Waals surface area contributed by atoms with E-state index in [4.69, 9.17) is 9.26 Å². The second kappa shape index (κ2) is 12.9. The Bertz CT molecular complexity index is 1430. The summed E-state index contributed by atoms with van der Waals surface area (Å²) in [6, 6.07) is 8.52. The summed E-state index contributed by atoms with van der Waals surface area (Å²) in [6.45, 7) is 7.17. The summed E-state index contributed by atoms with van der Waals surface area (Å²) >= 11 is 0. The number of amides is 5. The second-order valence-electron chi connectivity index (χ2n) is 10.4. The number of aromatic nitrogens is 1. The molecule has 2 heterocycles. The third-order valence-electron chi connectivity index (χ3n) is 7.11. The lowest BCUT2D eigenvalue weighted by Gasteiger charge is -2.38. The van der Waals surface area contributed by atoms with Crippen molar-refractivity contribution in [1.82, 2.24) is 15.0 Å². The first kappa shape index (κ1) is 30.3. The van der Waals surface area contributed by atoms with Crippen molar-refractivity contribution in [3.8, 4) is 5.75 Å². The molecular weight excluding hydrogens is 547 g/mol. The van der Waals surface area contributed by atoms with Crippen molar-refractivity contribution >= 4 is 35.0 Å². The SMILES string of the molecule is Cc1noc(C)c1NC(=O)N(C)C[C@@H]1Oc2c(NC(=O)Nc3ccc(F)cc3)cccc2C(=O)N([C@@H](C)CO)C[C@@H]1C. The number of rotatable bonds is 7. The lowest BCUT2D eigenvalue weighted by atomic mass is 9.99. The molecule has 2 aromatic carbocycles. The Morgan fingerprint density at radius 1 is 1.17 bits per heavy atom. The number of nitrogens with zero attached hydrogens (tertiary/aromatic N) is 3. The summed E-state index contributed by atoms with van der Waals surface area (Å²) in [5, 5.41) is 21.9. The van der Waals surface area contributed by atoms with Crippen LogP contribution < -0.4 is 20.7 Å². The van der Waals surface area contributed by atoms with Crippen LogP contribution in [0.3, 0.4) is 0 Å². The number of aliphatic hydroxyl groups is 1. The first-order valence-electron chi connectivity index (χ1n) is 13.5. The molecule has 0 saturated carbocycles. The number of para-hydroxylation sites is 1. The highest BCUT2D eigenvalue weighted by Crippen LogP contribution is 2.35. The standard InChI is InChI=1S/C29H35FN6O6/c1-16-13-36(17(2)15-37)27(38)22-7-6-8-23(32-28(39)31-21-11-9-20(30)10-12-21)26(22)41-24(16)14-35(5)29(40)33-25-18(3)34-42-19(25)4/h6-12,16-17,24,37H,13-15H2,1-5H3,(H,33,40)(H2,31,32,39)/t16-,17-,24-/m0/s1. The molecule has 0 spiro atoms. The maximum absolute atomic E-state index is 13.7. The van der Waals surface area contributed by atoms with E-state index in [2.05, 4.69) is 21.1 Å². The smallest absolute Gasteiger partial charge is 0.323 e. The number of carbonyl (C=O) groups excluding carboxylic acids is 3. The number of nitrogens with one attached hydrogen (secondary N) is 3. The van der Waals surface area contributed by atoms with Gasteiger partial charge in [0.2, 0.25) is 0 Å². The quantitative estimate of drug-likeness (QED) is 0.321. The van der Waals surface area contributed by atoms with Gasteiger partial charge < -0.3 is 40.1 Å². The number of halogens is 1. The first-order chi connectivity index (χ1) is 20.0. The van der Waals surface area contributed by atoms with Gasteiger partial charge in [0.15, 0.2) is 11.5 Å². The third-order valence-corrected chi connectivity index (χ3v) is 7.11. The Labute approximate surface area is 242 Å². The molecule has 0 saturated heterocycles. The van der Waals surface area contributed by atoms with Crippen LogP contribution in [-0.4, -0.2) is 76.9 Å². The monoisotopic (exact) mass is 582 g/mol. The van der Waals surface area contributed by atoms with E-state index >= 15 is 0 Å². The predicted octanol–water partition coefficient (Wildman–Crippen LogP) is 4.46. The number of aryl methyl sites for hydroxylation is 2. The van der Waals surface area contributed by atoms with E-state index in [9.17, 15) is 23.9 Å². The maximum atomic E-state index is 13.7. The van der Waals surface area contributed by atoms with E-state index in [1.54, 1.807) is 50.9 Å². The van der Waals surface area contributed by atoms with Gasteiger partial charge in [-0.25, -0.2) is 14.0 Å². The lowest BCUT2D eigenvalue weighted by molar-refractivity contribution is 0.0373. The van der Waals surface area contributed by atoms with Crippen molar-refractivity contribution < 1.29 is 33.1 Å². The molecular formula is C29H35FN6O6. The van der Waals surface area contributed by atoms with Gasteiger partial charge in [-0.2, -0.15) is 0 Å². The maximum Gasteiger partial charge on any atom is 0.323 e. The van der Waals surface area contributed by atoms with Gasteiger partial charge in [0, 0.05) is 25.2 Å². The minimum absolute atomic E-state index is 0.126. The van der Waals surface area contributed by atoms with Gasteiger partial charge >= 0.3 is 12.1 Å². The Morgan fingerprint density at radius 3 is 2.52 bits per heavy atom. The predicted molar refractivity (Wildman–Crippen MR) is 154 cm³/mol. The summed E-state index contributed by atoms with van der Waals surface area (Å²) in [5.41, 5.74) is 1.80. The lowest BCUT2D eigenvalue weighted by Crippen LogP contribution is -2.50. The van der Waals surface area contributed by atoms with Gasteiger partial charge in [-0.1, -0.05) is 18.1 Å². The van der Waals surface area contributed by atoms with Gasteiger partial charge in [0.05, 0.1) is 30.4 Å². The highest BCUT2D eigenvalue weighted by Gasteiger charge is 2.35. The van der Waals surface area contributed by atoms with E-state index in [1.165, 1.54) is 29.2 Å². The van der Waals surface area contributed by atoms with E-state index in [0.717, 1.165) is 0 Å². The zero-order valence-electron chi connectivity index (χ0n) is 24.1. The topological polar surface area (TPSA) is 149 Å². The van der Waals surface area contributed by atoms with Crippen molar-refractivity contribution in [2.75, 3.05) is 42.7 Å². The Balaban J connectivity index is 1.62. The zero-order valence-corrected chi connectivity index (χ0v) is 24.1. The Morgan fingerprint density at radius 2 is 1.88 bits per heavy atom. The van der Waals surface area contributed by atoms with Crippen LogP contribution in [0.4, 0.5) is 31.0 Å². The summed E-state index contributed by atoms with van der Waals surface area (Å²) in [6.07, 6.45) is -0.617. The molecule has 12 nitrogen and oxygen atoms in total. The molecule has 224 valence electrons. The molecule has 1 aromatic heterocycles. The minimum atomic E-state index is -0.630. The fourth-order valence-electron chi connectivity index (χ4n) is 4.59. The molecule has 0 aliphatic carbocycles. The number of ether oxygens (including phenoxy) is 1. The van der Waals surface area contributed by atoms with Crippen molar-refractivity contribution in [3.05, 3.63) is 65.3 Å². The molecule has 4 rings (SSSR count). The highest BCUT2D eigenvalue weighted by atomic mass is 19.1. The van der Waals surface area contributed by atoms with Crippen molar-refractivity contribution in [3.63, 3.8) is 0 Å². The number of carbonyl (C=O) groups is 3. The first-order valence-corrected chi connectivity index (χ1v) is 13.5. The van der Waals surface area contributed by atoms with E-state index in [0.29, 0.717) is 22.8 Å². The average molecular weight is 583 g/mol. The number of fused-ring (bicyclic) bond motifs is 1. The average Bonchev–Trinajstić information content (AvgIpc) is 3.28. The number of urea groups is 2. The minimum Gasteiger partial charge on any atom is -0.485 e. The molecule has 13 heteroatoms. The molecule has 3 aromatic rings. The number of aliphatic hydroxyl groups excluding tert-OH is 1. The van der Waals surface area contributed by atoms with Crippen LogP contribution >= 0.6 is 0 Å². The second-order valence-corrected chi connectivity index (χ2v) is 10.4. The van der Waals surface area contributed by atoms with E-state index < -0.39 is 30.0 Å². The Hall–Kier alpha value is -4.65. The molecule has 4 N–H and O–H groups in total. The van der Waals surface area contributed by atoms with Crippen molar-refractivity contribution in [1.29, 1.82) is 0 Å². The van der Waals surface area contributed by atoms with Crippen LogP contribution in [0, 0.1) is 25.6 Å². The molecule has 1 aliphatic rings. The number of anilines is 3. The molecule has 1 aliphatic heterocycles. The summed E-state index contributed by atoms with van der Waals surface area (Å²) < 4.78 is 24.8. The van der Waals surface area contributed by atoms with E-state index in [-0.39, 0.29) is 48.5 Å². The Kier molecular flexibility index (Phi) is 9.31.